The van der Waals surface area contributed by atoms with Crippen molar-refractivity contribution in [1.82, 2.24) is 19.9 Å². The Morgan fingerprint density at radius 3 is 1.61 bits per heavy atom. The van der Waals surface area contributed by atoms with E-state index in [0.717, 1.165) is 60.8 Å². The zero-order valence-electron chi connectivity index (χ0n) is 24.5. The van der Waals surface area contributed by atoms with Gasteiger partial charge in [0.1, 0.15) is 16.7 Å². The Bertz CT molecular complexity index is 2460. The molecule has 3 heterocycles. The van der Waals surface area contributed by atoms with E-state index in [1.807, 2.05) is 127 Å². The molecule has 0 saturated heterocycles. The van der Waals surface area contributed by atoms with E-state index in [1.165, 1.54) is 0 Å². The maximum absolute atomic E-state index is 6.57. The van der Waals surface area contributed by atoms with Gasteiger partial charge in [0.2, 0.25) is 5.89 Å². The molecule has 0 aliphatic heterocycles. The summed E-state index contributed by atoms with van der Waals surface area (Å²) in [4.78, 5) is 19.7. The standard InChI is InChI=1S/C40H24N4O2/c1-4-13-25(14-5-1)37-42-38(26-15-6-2-7-16-26)44-39(43-37)29-20-12-19-28(23-29)34-35-30-21-10-11-22-32(30)45-33(35)24-31-36(34)46-40(41-31)27-17-8-3-9-18-27/h1-24H. The van der Waals surface area contributed by atoms with Gasteiger partial charge in [-0.05, 0) is 29.8 Å². The molecule has 0 saturated carbocycles. The van der Waals surface area contributed by atoms with Crippen LogP contribution in [-0.2, 0) is 0 Å². The van der Waals surface area contributed by atoms with Gasteiger partial charge in [-0.25, -0.2) is 19.9 Å². The Hall–Kier alpha value is -6.40. The minimum absolute atomic E-state index is 0.558. The van der Waals surface area contributed by atoms with E-state index in [-0.39, 0.29) is 0 Å². The number of rotatable bonds is 5. The molecule has 0 spiro atoms. The Balaban J connectivity index is 1.29. The largest absolute Gasteiger partial charge is 0.456 e. The smallest absolute Gasteiger partial charge is 0.227 e. The second kappa shape index (κ2) is 10.6. The minimum Gasteiger partial charge on any atom is -0.456 e. The van der Waals surface area contributed by atoms with Crippen LogP contribution in [0.2, 0.25) is 0 Å². The lowest BCUT2D eigenvalue weighted by atomic mass is 9.96. The Morgan fingerprint density at radius 2 is 0.935 bits per heavy atom. The molecule has 3 aromatic heterocycles. The lowest BCUT2D eigenvalue weighted by molar-refractivity contribution is 0.621. The maximum atomic E-state index is 6.57. The molecule has 0 aliphatic rings. The number of benzene rings is 6. The number of nitrogens with zero attached hydrogens (tertiary/aromatic N) is 4. The van der Waals surface area contributed by atoms with Crippen LogP contribution in [0.25, 0.3) is 89.8 Å². The number of oxazole rings is 1. The van der Waals surface area contributed by atoms with Gasteiger partial charge in [-0.3, -0.25) is 0 Å². The van der Waals surface area contributed by atoms with Gasteiger partial charge in [-0.15, -0.1) is 0 Å². The first kappa shape index (κ1) is 26.0. The van der Waals surface area contributed by atoms with Crippen LogP contribution in [0.5, 0.6) is 0 Å². The van der Waals surface area contributed by atoms with Crippen LogP contribution in [-0.4, -0.2) is 19.9 Å². The second-order valence-corrected chi connectivity index (χ2v) is 11.1. The van der Waals surface area contributed by atoms with E-state index in [0.29, 0.717) is 28.9 Å². The number of hydrogen-bond donors (Lipinski definition) is 0. The fraction of sp³-hybridized carbons (Fsp3) is 0. The number of hydrogen-bond acceptors (Lipinski definition) is 6. The molecule has 46 heavy (non-hydrogen) atoms. The molecule has 6 aromatic carbocycles. The van der Waals surface area contributed by atoms with Crippen LogP contribution in [0.3, 0.4) is 0 Å². The van der Waals surface area contributed by atoms with Crippen molar-refractivity contribution in [3.63, 3.8) is 0 Å². The van der Waals surface area contributed by atoms with Crippen LogP contribution < -0.4 is 0 Å². The molecular formula is C40H24N4O2. The molecule has 0 amide bonds. The van der Waals surface area contributed by atoms with Crippen LogP contribution in [0.1, 0.15) is 0 Å². The fourth-order valence-corrected chi connectivity index (χ4v) is 6.00. The molecule has 0 N–H and O–H groups in total. The van der Waals surface area contributed by atoms with Gasteiger partial charge >= 0.3 is 0 Å². The summed E-state index contributed by atoms with van der Waals surface area (Å²) in [6.45, 7) is 0. The monoisotopic (exact) mass is 592 g/mol. The highest BCUT2D eigenvalue weighted by atomic mass is 16.4. The zero-order chi connectivity index (χ0) is 30.5. The molecular weight excluding hydrogens is 568 g/mol. The zero-order valence-corrected chi connectivity index (χ0v) is 24.5. The number of furan rings is 1. The van der Waals surface area contributed by atoms with Gasteiger partial charge in [0.05, 0.1) is 0 Å². The van der Waals surface area contributed by atoms with E-state index < -0.39 is 0 Å². The predicted molar refractivity (Wildman–Crippen MR) is 182 cm³/mol. The van der Waals surface area contributed by atoms with Crippen LogP contribution >= 0.6 is 0 Å². The summed E-state index contributed by atoms with van der Waals surface area (Å²) in [6.07, 6.45) is 0. The first-order valence-corrected chi connectivity index (χ1v) is 15.1. The van der Waals surface area contributed by atoms with Crippen molar-refractivity contribution >= 4 is 33.0 Å². The molecule has 0 aliphatic carbocycles. The van der Waals surface area contributed by atoms with Crippen molar-refractivity contribution in [2.45, 2.75) is 0 Å². The third-order valence-electron chi connectivity index (χ3n) is 8.15. The van der Waals surface area contributed by atoms with Gasteiger partial charge in [-0.2, -0.15) is 0 Å². The molecule has 9 aromatic rings. The number of fused-ring (bicyclic) bond motifs is 4. The van der Waals surface area contributed by atoms with E-state index in [9.17, 15) is 0 Å². The average molecular weight is 593 g/mol. The average Bonchev–Trinajstić information content (AvgIpc) is 3.73. The summed E-state index contributed by atoms with van der Waals surface area (Å²) >= 11 is 0. The molecule has 6 nitrogen and oxygen atoms in total. The van der Waals surface area contributed by atoms with Gasteiger partial charge in [-0.1, -0.05) is 115 Å². The normalized spacial score (nSPS) is 11.5. The quantitative estimate of drug-likeness (QED) is 0.198. The Labute approximate surface area is 263 Å². The lowest BCUT2D eigenvalue weighted by Crippen LogP contribution is -2.00. The second-order valence-electron chi connectivity index (χ2n) is 11.1. The predicted octanol–water partition coefficient (Wildman–Crippen LogP) is 10.2. The summed E-state index contributed by atoms with van der Waals surface area (Å²) in [5.41, 5.74) is 8.44. The third-order valence-corrected chi connectivity index (χ3v) is 8.15. The molecule has 9 rings (SSSR count). The molecule has 216 valence electrons. The van der Waals surface area contributed by atoms with E-state index in [4.69, 9.17) is 28.8 Å². The summed E-state index contributed by atoms with van der Waals surface area (Å²) in [7, 11) is 0. The van der Waals surface area contributed by atoms with Crippen molar-refractivity contribution in [3.05, 3.63) is 146 Å². The van der Waals surface area contributed by atoms with Crippen LogP contribution in [0.4, 0.5) is 0 Å². The Morgan fingerprint density at radius 1 is 0.391 bits per heavy atom. The first-order chi connectivity index (χ1) is 22.8. The van der Waals surface area contributed by atoms with Gasteiger partial charge in [0.15, 0.2) is 23.1 Å². The van der Waals surface area contributed by atoms with Crippen LogP contribution in [0, 0.1) is 0 Å². The molecule has 0 fully saturated rings. The topological polar surface area (TPSA) is 77.8 Å². The van der Waals surface area contributed by atoms with Crippen molar-refractivity contribution in [1.29, 1.82) is 0 Å². The summed E-state index contributed by atoms with van der Waals surface area (Å²) in [6, 6.07) is 48.2. The highest BCUT2D eigenvalue weighted by molar-refractivity contribution is 6.19. The maximum Gasteiger partial charge on any atom is 0.227 e. The van der Waals surface area contributed by atoms with Gasteiger partial charge in [0, 0.05) is 44.7 Å². The highest BCUT2D eigenvalue weighted by Gasteiger charge is 2.22. The van der Waals surface area contributed by atoms with Crippen LogP contribution in [0.15, 0.2) is 154 Å². The summed E-state index contributed by atoms with van der Waals surface area (Å²) in [5.74, 6) is 2.37. The Kier molecular flexibility index (Phi) is 6.03. The number of para-hydroxylation sites is 1. The third kappa shape index (κ3) is 4.43. The molecule has 0 bridgehead atoms. The van der Waals surface area contributed by atoms with Gasteiger partial charge in [0.25, 0.3) is 0 Å². The molecule has 0 unspecified atom stereocenters. The summed E-state index contributed by atoms with van der Waals surface area (Å²) < 4.78 is 12.9. The summed E-state index contributed by atoms with van der Waals surface area (Å²) in [5, 5.41) is 1.98. The first-order valence-electron chi connectivity index (χ1n) is 15.1. The molecule has 6 heteroatoms. The highest BCUT2D eigenvalue weighted by Crippen LogP contribution is 2.43. The van der Waals surface area contributed by atoms with Crippen molar-refractivity contribution in [3.8, 4) is 56.7 Å². The molecule has 0 atom stereocenters. The SMILES string of the molecule is c1ccc(-c2nc(-c3ccccc3)nc(-c3cccc(-c4c5oc(-c6ccccc6)nc5cc5oc6ccccc6c45)c3)n2)cc1. The fourth-order valence-electron chi connectivity index (χ4n) is 6.00. The molecule has 0 radical (unpaired) electrons. The van der Waals surface area contributed by atoms with Crippen molar-refractivity contribution in [2.24, 2.45) is 0 Å². The van der Waals surface area contributed by atoms with E-state index in [2.05, 4.69) is 18.2 Å². The lowest BCUT2D eigenvalue weighted by Gasteiger charge is -2.10. The minimum atomic E-state index is 0.558. The van der Waals surface area contributed by atoms with E-state index >= 15 is 0 Å². The van der Waals surface area contributed by atoms with Crippen molar-refractivity contribution < 1.29 is 8.83 Å². The van der Waals surface area contributed by atoms with Crippen molar-refractivity contribution in [2.75, 3.05) is 0 Å². The van der Waals surface area contributed by atoms with E-state index in [1.54, 1.807) is 0 Å². The number of aromatic nitrogens is 4. The van der Waals surface area contributed by atoms with Gasteiger partial charge < -0.3 is 8.83 Å².